The third-order valence-electron chi connectivity index (χ3n) is 7.76. The average molecular weight is 487 g/mol. The molecule has 1 aliphatic rings. The van der Waals surface area contributed by atoms with Gasteiger partial charge in [-0.1, -0.05) is 0 Å². The van der Waals surface area contributed by atoms with E-state index in [0.717, 1.165) is 0 Å². The fourth-order valence-electron chi connectivity index (χ4n) is 4.15. The van der Waals surface area contributed by atoms with Gasteiger partial charge in [-0.05, 0) is 67.5 Å². The van der Waals surface area contributed by atoms with E-state index < -0.39 is 33.2 Å². The first kappa shape index (κ1) is 28.5. The van der Waals surface area contributed by atoms with Crippen molar-refractivity contribution in [2.45, 2.75) is 105 Å². The van der Waals surface area contributed by atoms with Crippen molar-refractivity contribution in [3.8, 4) is 0 Å². The molecule has 7 heteroatoms. The lowest BCUT2D eigenvalue weighted by Gasteiger charge is -2.25. The zero-order valence-corrected chi connectivity index (χ0v) is 22.3. The van der Waals surface area contributed by atoms with Gasteiger partial charge in [-0.3, -0.25) is 28.8 Å². The predicted octanol–water partition coefficient (Wildman–Crippen LogP) is 4.66. The van der Waals surface area contributed by atoms with E-state index >= 15 is 0 Å². The van der Waals surface area contributed by atoms with Gasteiger partial charge in [-0.2, -0.15) is 0 Å². The maximum atomic E-state index is 13.0. The predicted molar refractivity (Wildman–Crippen MR) is 130 cm³/mol. The molecule has 1 aromatic heterocycles. The molecular formula is C28H38O7. The van der Waals surface area contributed by atoms with E-state index in [0.29, 0.717) is 11.5 Å². The molecule has 2 rings (SSSR count). The molecule has 192 valence electrons. The van der Waals surface area contributed by atoms with Crippen LogP contribution in [-0.4, -0.2) is 34.7 Å². The smallest absolute Gasteiger partial charge is 0.146 e. The molecule has 2 bridgehead atoms. The van der Waals surface area contributed by atoms with E-state index in [-0.39, 0.29) is 61.7 Å². The Kier molecular flexibility index (Phi) is 7.95. The normalized spacial score (nSPS) is 24.0. The molecule has 0 radical (unpaired) electrons. The van der Waals surface area contributed by atoms with Crippen LogP contribution in [0.2, 0.25) is 0 Å². The van der Waals surface area contributed by atoms with Gasteiger partial charge in [0, 0.05) is 38.5 Å². The molecule has 2 heterocycles. The third kappa shape index (κ3) is 5.60. The van der Waals surface area contributed by atoms with Crippen LogP contribution in [0, 0.1) is 10.8 Å². The Labute approximate surface area is 207 Å². The molecule has 35 heavy (non-hydrogen) atoms. The molecule has 0 N–H and O–H groups in total. The van der Waals surface area contributed by atoms with Gasteiger partial charge < -0.3 is 4.42 Å². The maximum absolute atomic E-state index is 13.0. The minimum Gasteiger partial charge on any atom is -0.464 e. The Morgan fingerprint density at radius 1 is 0.429 bits per heavy atom. The second-order valence-corrected chi connectivity index (χ2v) is 11.7. The van der Waals surface area contributed by atoms with Crippen molar-refractivity contribution in [3.63, 3.8) is 0 Å². The van der Waals surface area contributed by atoms with Crippen LogP contribution in [0.1, 0.15) is 105 Å². The van der Waals surface area contributed by atoms with Crippen molar-refractivity contribution in [3.05, 3.63) is 23.7 Å². The SMILES string of the molecule is CC1(C)C(=O)CCC(=O)C(C)(C)C(=O)CCC(=O)C(C)(C)c2ccc(o2)C(C)(C)C(=O)CCC1=O. The molecule has 0 saturated heterocycles. The summed E-state index contributed by atoms with van der Waals surface area (Å²) in [5.74, 6) is -1.26. The quantitative estimate of drug-likeness (QED) is 0.490. The summed E-state index contributed by atoms with van der Waals surface area (Å²) in [6.45, 7) is 12.8. The number of furan rings is 1. The van der Waals surface area contributed by atoms with Gasteiger partial charge in [0.15, 0.2) is 0 Å². The van der Waals surface area contributed by atoms with Gasteiger partial charge in [0.05, 0.1) is 21.7 Å². The number of carbonyl (C=O) groups is 6. The van der Waals surface area contributed by atoms with Crippen molar-refractivity contribution in [1.29, 1.82) is 0 Å². The Morgan fingerprint density at radius 3 is 0.857 bits per heavy atom. The van der Waals surface area contributed by atoms with E-state index in [1.807, 2.05) is 0 Å². The van der Waals surface area contributed by atoms with E-state index in [4.69, 9.17) is 4.42 Å². The van der Waals surface area contributed by atoms with Crippen molar-refractivity contribution >= 4 is 34.7 Å². The third-order valence-corrected chi connectivity index (χ3v) is 7.76. The molecule has 0 spiro atoms. The topological polar surface area (TPSA) is 116 Å². The molecule has 0 atom stereocenters. The number of Topliss-reactive ketones (excluding diaryl/α,β-unsaturated/α-hetero) is 6. The summed E-state index contributed by atoms with van der Waals surface area (Å²) in [6, 6.07) is 3.31. The molecule has 0 saturated carbocycles. The Bertz CT molecular complexity index is 980. The van der Waals surface area contributed by atoms with Gasteiger partial charge in [-0.15, -0.1) is 0 Å². The molecule has 0 fully saturated rings. The number of carbonyl (C=O) groups excluding carboxylic acids is 6. The minimum atomic E-state index is -1.35. The first-order valence-electron chi connectivity index (χ1n) is 12.2. The van der Waals surface area contributed by atoms with Crippen molar-refractivity contribution in [2.75, 3.05) is 0 Å². The van der Waals surface area contributed by atoms with Gasteiger partial charge in [-0.25, -0.2) is 0 Å². The Hall–Kier alpha value is -2.70. The van der Waals surface area contributed by atoms with E-state index in [1.165, 1.54) is 27.7 Å². The van der Waals surface area contributed by atoms with Crippen LogP contribution in [-0.2, 0) is 39.6 Å². The molecular weight excluding hydrogens is 448 g/mol. The van der Waals surface area contributed by atoms with Crippen molar-refractivity contribution in [1.82, 2.24) is 0 Å². The summed E-state index contributed by atoms with van der Waals surface area (Å²) in [5, 5.41) is 0. The largest absolute Gasteiger partial charge is 0.464 e. The molecule has 0 amide bonds. The molecule has 1 aliphatic heterocycles. The fourth-order valence-corrected chi connectivity index (χ4v) is 4.15. The van der Waals surface area contributed by atoms with Gasteiger partial charge in [0.2, 0.25) is 0 Å². The number of ketones is 6. The fraction of sp³-hybridized carbons (Fsp3) is 0.643. The minimum absolute atomic E-state index is 0.0681. The standard InChI is InChI=1S/C28H38O7/c1-25(2)17(29)9-10-18(30)26(3,4)20(32)12-14-22(34)28(7,8)24-16-15-23(35-24)27(5,6)21(33)13-11-19(25)31/h15-16H,9-14H2,1-8H3. The molecule has 1 aromatic rings. The molecule has 7 nitrogen and oxygen atoms in total. The summed E-state index contributed by atoms with van der Waals surface area (Å²) >= 11 is 0. The highest BCUT2D eigenvalue weighted by Gasteiger charge is 2.42. The number of hydrogen-bond donors (Lipinski definition) is 0. The lowest BCUT2D eigenvalue weighted by Crippen LogP contribution is -2.37. The summed E-state index contributed by atoms with van der Waals surface area (Å²) in [5.41, 5.74) is -4.78. The van der Waals surface area contributed by atoms with Crippen molar-refractivity contribution < 1.29 is 33.2 Å². The maximum Gasteiger partial charge on any atom is 0.146 e. The lowest BCUT2D eigenvalue weighted by molar-refractivity contribution is -0.143. The highest BCUT2D eigenvalue weighted by Crippen LogP contribution is 2.35. The second-order valence-electron chi connectivity index (χ2n) is 11.7. The summed E-state index contributed by atoms with van der Waals surface area (Å²) in [6.07, 6.45) is -0.710. The van der Waals surface area contributed by atoms with Gasteiger partial charge in [0.1, 0.15) is 46.2 Å². The highest BCUT2D eigenvalue weighted by molar-refractivity contribution is 6.10. The summed E-state index contributed by atoms with van der Waals surface area (Å²) in [7, 11) is 0. The second kappa shape index (κ2) is 9.75. The van der Waals surface area contributed by atoms with Gasteiger partial charge in [0.25, 0.3) is 0 Å². The number of fused-ring (bicyclic) bond motifs is 2. The lowest BCUT2D eigenvalue weighted by atomic mass is 9.75. The van der Waals surface area contributed by atoms with Crippen LogP contribution in [0.25, 0.3) is 0 Å². The number of hydrogen-bond acceptors (Lipinski definition) is 7. The van der Waals surface area contributed by atoms with E-state index in [1.54, 1.807) is 39.8 Å². The highest BCUT2D eigenvalue weighted by atomic mass is 16.3. The first-order chi connectivity index (χ1) is 15.9. The monoisotopic (exact) mass is 486 g/mol. The van der Waals surface area contributed by atoms with Crippen LogP contribution < -0.4 is 0 Å². The van der Waals surface area contributed by atoms with E-state index in [2.05, 4.69) is 0 Å². The van der Waals surface area contributed by atoms with Crippen LogP contribution in [0.4, 0.5) is 0 Å². The average Bonchev–Trinajstić information content (AvgIpc) is 3.29. The van der Waals surface area contributed by atoms with E-state index in [9.17, 15) is 28.8 Å². The first-order valence-corrected chi connectivity index (χ1v) is 12.2. The van der Waals surface area contributed by atoms with Crippen LogP contribution in [0.15, 0.2) is 16.5 Å². The van der Waals surface area contributed by atoms with Crippen molar-refractivity contribution in [2.24, 2.45) is 10.8 Å². The molecule has 0 aromatic carbocycles. The summed E-state index contributed by atoms with van der Waals surface area (Å²) < 4.78 is 5.97. The van der Waals surface area contributed by atoms with Crippen LogP contribution in [0.3, 0.4) is 0 Å². The molecule has 0 aliphatic carbocycles. The van der Waals surface area contributed by atoms with Crippen LogP contribution in [0.5, 0.6) is 0 Å². The summed E-state index contributed by atoms with van der Waals surface area (Å²) in [4.78, 5) is 77.5. The van der Waals surface area contributed by atoms with Crippen LogP contribution >= 0.6 is 0 Å². The molecule has 0 unspecified atom stereocenters. The van der Waals surface area contributed by atoms with Gasteiger partial charge >= 0.3 is 0 Å². The Morgan fingerprint density at radius 2 is 0.629 bits per heavy atom. The zero-order chi connectivity index (χ0) is 27.0. The zero-order valence-electron chi connectivity index (χ0n) is 22.3. The number of rotatable bonds is 0. The Balaban J connectivity index is 2.46.